The average molecular weight is 473 g/mol. The third-order valence-corrected chi connectivity index (χ3v) is 6.09. The van der Waals surface area contributed by atoms with E-state index in [0.29, 0.717) is 24.7 Å². The van der Waals surface area contributed by atoms with E-state index in [1.165, 1.54) is 12.1 Å². The SMILES string of the molecule is CNC(=O)C[C@@H]1CC[C@H]2[C@H](COc3ccc(NC(=O)c4cc(F)cc(F)c4)cc3C(=O)N2C)O1. The van der Waals surface area contributed by atoms with Gasteiger partial charge in [-0.3, -0.25) is 14.4 Å². The van der Waals surface area contributed by atoms with Crippen LogP contribution in [-0.4, -0.2) is 61.6 Å². The third-order valence-electron chi connectivity index (χ3n) is 6.09. The first-order valence-corrected chi connectivity index (χ1v) is 10.9. The summed E-state index contributed by atoms with van der Waals surface area (Å²) in [5, 5.41) is 5.15. The molecule has 2 aliphatic heterocycles. The Morgan fingerprint density at radius 1 is 1.12 bits per heavy atom. The predicted molar refractivity (Wildman–Crippen MR) is 119 cm³/mol. The first-order chi connectivity index (χ1) is 16.2. The molecule has 1 fully saturated rings. The van der Waals surface area contributed by atoms with Gasteiger partial charge in [-0.1, -0.05) is 0 Å². The number of fused-ring (bicyclic) bond motifs is 2. The number of hydrogen-bond acceptors (Lipinski definition) is 5. The Bertz CT molecular complexity index is 1110. The zero-order valence-electron chi connectivity index (χ0n) is 18.8. The molecule has 0 bridgehead atoms. The molecule has 0 unspecified atom stereocenters. The highest BCUT2D eigenvalue weighted by Gasteiger charge is 2.39. The minimum absolute atomic E-state index is 0.111. The van der Waals surface area contributed by atoms with Gasteiger partial charge >= 0.3 is 0 Å². The Kier molecular flexibility index (Phi) is 6.78. The molecule has 3 atom stereocenters. The molecule has 0 radical (unpaired) electrons. The monoisotopic (exact) mass is 473 g/mol. The Hall–Kier alpha value is -3.53. The molecule has 2 aromatic rings. The van der Waals surface area contributed by atoms with Crippen molar-refractivity contribution in [2.24, 2.45) is 0 Å². The second kappa shape index (κ2) is 9.76. The summed E-state index contributed by atoms with van der Waals surface area (Å²) in [6.45, 7) is 0.188. The number of nitrogens with one attached hydrogen (secondary N) is 2. The standard InChI is InChI=1S/C24H25F2N3O5/c1-27-22(30)11-17-4-5-19-21(34-17)12-33-20-6-3-16(10-18(20)24(32)29(19)2)28-23(31)13-7-14(25)9-15(26)8-13/h3,6-10,17,19,21H,4-5,11-12H2,1-2H3,(H,27,30)(H,28,31)/t17-,19-,21-/m0/s1. The molecule has 1 saturated heterocycles. The number of hydrogen-bond donors (Lipinski definition) is 2. The van der Waals surface area contributed by atoms with E-state index in [4.69, 9.17) is 9.47 Å². The number of halogens is 2. The Labute approximate surface area is 195 Å². The van der Waals surface area contributed by atoms with E-state index < -0.39 is 23.6 Å². The summed E-state index contributed by atoms with van der Waals surface area (Å²) in [5.74, 6) is -2.55. The van der Waals surface area contributed by atoms with Crippen LogP contribution >= 0.6 is 0 Å². The van der Waals surface area contributed by atoms with Crippen molar-refractivity contribution in [1.82, 2.24) is 10.2 Å². The topological polar surface area (TPSA) is 97.0 Å². The maximum absolute atomic E-state index is 13.5. The number of ether oxygens (including phenoxy) is 2. The van der Waals surface area contributed by atoms with Crippen LogP contribution in [0.25, 0.3) is 0 Å². The number of anilines is 1. The van der Waals surface area contributed by atoms with Gasteiger partial charge in [0.05, 0.1) is 24.1 Å². The van der Waals surface area contributed by atoms with Crippen LogP contribution in [0.3, 0.4) is 0 Å². The van der Waals surface area contributed by atoms with Crippen LogP contribution in [0.1, 0.15) is 40.0 Å². The zero-order chi connectivity index (χ0) is 24.4. The van der Waals surface area contributed by atoms with E-state index in [1.54, 1.807) is 25.1 Å². The first kappa shape index (κ1) is 23.6. The fourth-order valence-electron chi connectivity index (χ4n) is 4.30. The summed E-state index contributed by atoms with van der Waals surface area (Å²) < 4.78 is 38.9. The summed E-state index contributed by atoms with van der Waals surface area (Å²) in [6, 6.07) is 6.85. The molecule has 0 aromatic heterocycles. The number of likely N-dealkylation sites (N-methyl/N-ethyl adjacent to an activating group) is 1. The second-order valence-corrected chi connectivity index (χ2v) is 8.37. The number of carbonyl (C=O) groups excluding carboxylic acids is 3. The minimum atomic E-state index is -0.865. The molecule has 2 N–H and O–H groups in total. The summed E-state index contributed by atoms with van der Waals surface area (Å²) in [4.78, 5) is 39.0. The summed E-state index contributed by atoms with van der Waals surface area (Å²) >= 11 is 0. The molecule has 0 aliphatic carbocycles. The van der Waals surface area contributed by atoms with Crippen LogP contribution in [0, 0.1) is 11.6 Å². The van der Waals surface area contributed by atoms with Crippen molar-refractivity contribution < 1.29 is 32.6 Å². The third kappa shape index (κ3) is 5.01. The van der Waals surface area contributed by atoms with E-state index in [0.717, 1.165) is 12.1 Å². The van der Waals surface area contributed by atoms with Gasteiger partial charge in [0.25, 0.3) is 11.8 Å². The lowest BCUT2D eigenvalue weighted by Crippen LogP contribution is -2.53. The van der Waals surface area contributed by atoms with Gasteiger partial charge in [0, 0.05) is 31.4 Å². The minimum Gasteiger partial charge on any atom is -0.490 e. The van der Waals surface area contributed by atoms with Gasteiger partial charge in [-0.2, -0.15) is 0 Å². The largest absolute Gasteiger partial charge is 0.490 e. The van der Waals surface area contributed by atoms with Crippen LogP contribution in [0.4, 0.5) is 14.5 Å². The maximum atomic E-state index is 13.5. The number of carbonyl (C=O) groups is 3. The van der Waals surface area contributed by atoms with Crippen molar-refractivity contribution in [3.63, 3.8) is 0 Å². The van der Waals surface area contributed by atoms with Gasteiger partial charge in [-0.15, -0.1) is 0 Å². The van der Waals surface area contributed by atoms with Crippen molar-refractivity contribution >= 4 is 23.4 Å². The van der Waals surface area contributed by atoms with Gasteiger partial charge in [-0.25, -0.2) is 8.78 Å². The zero-order valence-corrected chi connectivity index (χ0v) is 18.8. The van der Waals surface area contributed by atoms with Crippen LogP contribution < -0.4 is 15.4 Å². The van der Waals surface area contributed by atoms with E-state index in [-0.39, 0.29) is 53.8 Å². The molecule has 180 valence electrons. The van der Waals surface area contributed by atoms with Crippen molar-refractivity contribution in [3.05, 3.63) is 59.2 Å². The number of benzene rings is 2. The van der Waals surface area contributed by atoms with Gasteiger partial charge < -0.3 is 25.0 Å². The first-order valence-electron chi connectivity index (χ1n) is 10.9. The molecule has 4 rings (SSSR count). The molecule has 2 aromatic carbocycles. The lowest BCUT2D eigenvalue weighted by molar-refractivity contribution is -0.133. The van der Waals surface area contributed by atoms with Gasteiger partial charge in [0.2, 0.25) is 5.91 Å². The van der Waals surface area contributed by atoms with E-state index >= 15 is 0 Å². The summed E-state index contributed by atoms with van der Waals surface area (Å²) in [5.41, 5.74) is 0.343. The van der Waals surface area contributed by atoms with Gasteiger partial charge in [0.15, 0.2) is 0 Å². The van der Waals surface area contributed by atoms with Crippen LogP contribution in [-0.2, 0) is 9.53 Å². The van der Waals surface area contributed by atoms with Crippen molar-refractivity contribution in [2.45, 2.75) is 37.5 Å². The molecule has 8 nitrogen and oxygen atoms in total. The van der Waals surface area contributed by atoms with Gasteiger partial charge in [-0.05, 0) is 43.2 Å². The number of rotatable bonds is 4. The quantitative estimate of drug-likeness (QED) is 0.712. The molecule has 3 amide bonds. The average Bonchev–Trinajstić information content (AvgIpc) is 2.81. The van der Waals surface area contributed by atoms with Gasteiger partial charge in [0.1, 0.15) is 30.1 Å². The van der Waals surface area contributed by atoms with Crippen LogP contribution in [0.2, 0.25) is 0 Å². The molecule has 10 heteroatoms. The molecule has 34 heavy (non-hydrogen) atoms. The van der Waals surface area contributed by atoms with E-state index in [9.17, 15) is 23.2 Å². The van der Waals surface area contributed by atoms with Crippen LogP contribution in [0.5, 0.6) is 5.75 Å². The predicted octanol–water partition coefficient (Wildman–Crippen LogP) is 2.73. The summed E-state index contributed by atoms with van der Waals surface area (Å²) in [6.07, 6.45) is 0.866. The molecular formula is C24H25F2N3O5. The Morgan fingerprint density at radius 2 is 1.85 bits per heavy atom. The highest BCUT2D eigenvalue weighted by atomic mass is 19.1. The molecule has 2 aliphatic rings. The molecule has 0 spiro atoms. The van der Waals surface area contributed by atoms with E-state index in [1.807, 2.05) is 0 Å². The second-order valence-electron chi connectivity index (χ2n) is 8.37. The van der Waals surface area contributed by atoms with Crippen molar-refractivity contribution in [1.29, 1.82) is 0 Å². The number of nitrogens with zero attached hydrogens (tertiary/aromatic N) is 1. The lowest BCUT2D eigenvalue weighted by atomic mass is 9.94. The lowest BCUT2D eigenvalue weighted by Gasteiger charge is -2.42. The highest BCUT2D eigenvalue weighted by Crippen LogP contribution is 2.32. The molecule has 0 saturated carbocycles. The number of amides is 3. The van der Waals surface area contributed by atoms with Crippen molar-refractivity contribution in [3.8, 4) is 5.75 Å². The molecule has 2 heterocycles. The smallest absolute Gasteiger partial charge is 0.257 e. The fourth-order valence-corrected chi connectivity index (χ4v) is 4.30. The molecular weight excluding hydrogens is 448 g/mol. The van der Waals surface area contributed by atoms with Crippen molar-refractivity contribution in [2.75, 3.05) is 26.0 Å². The Balaban J connectivity index is 1.52. The fraction of sp³-hybridized carbons (Fsp3) is 0.375. The van der Waals surface area contributed by atoms with Crippen LogP contribution in [0.15, 0.2) is 36.4 Å². The Morgan fingerprint density at radius 3 is 2.56 bits per heavy atom. The maximum Gasteiger partial charge on any atom is 0.257 e. The summed E-state index contributed by atoms with van der Waals surface area (Å²) in [7, 11) is 3.25. The highest BCUT2D eigenvalue weighted by molar-refractivity contribution is 6.05. The van der Waals surface area contributed by atoms with E-state index in [2.05, 4.69) is 10.6 Å². The normalized spacial score (nSPS) is 21.9.